The molecule has 0 spiro atoms. The van der Waals surface area contributed by atoms with Gasteiger partial charge in [-0.05, 0) is 42.8 Å². The maximum Gasteiger partial charge on any atom is 0.269 e. The summed E-state index contributed by atoms with van der Waals surface area (Å²) in [6.45, 7) is 1.97. The lowest BCUT2D eigenvalue weighted by molar-refractivity contribution is 0.0832. The Hall–Kier alpha value is -3.64. The molecule has 0 radical (unpaired) electrons. The molecule has 156 valence electrons. The summed E-state index contributed by atoms with van der Waals surface area (Å²) in [5.74, 6) is -0.438. The fourth-order valence-electron chi connectivity index (χ4n) is 3.41. The summed E-state index contributed by atoms with van der Waals surface area (Å²) in [6, 6.07) is 25.0. The molecule has 1 atom stereocenters. The minimum atomic E-state index is -0.378. The van der Waals surface area contributed by atoms with Crippen molar-refractivity contribution in [2.24, 2.45) is 5.10 Å². The summed E-state index contributed by atoms with van der Waals surface area (Å²) in [5, 5.41) is 8.51. The van der Waals surface area contributed by atoms with Crippen LogP contribution in [0.15, 0.2) is 90.0 Å². The van der Waals surface area contributed by atoms with E-state index in [-0.39, 0.29) is 23.7 Å². The second-order valence-corrected chi connectivity index (χ2v) is 7.44. The lowest BCUT2D eigenvalue weighted by Gasteiger charge is -2.30. The average Bonchev–Trinajstić information content (AvgIpc) is 3.18. The third-order valence-corrected chi connectivity index (χ3v) is 5.22. The molecular weight excluding hydrogens is 412 g/mol. The van der Waals surface area contributed by atoms with Gasteiger partial charge in [-0.15, -0.1) is 5.10 Å². The normalized spacial score (nSPS) is 15.5. The van der Waals surface area contributed by atoms with Crippen LogP contribution in [0.3, 0.4) is 0 Å². The van der Waals surface area contributed by atoms with Crippen LogP contribution in [0.4, 0.5) is 5.69 Å². The molecule has 0 saturated heterocycles. The van der Waals surface area contributed by atoms with Crippen molar-refractivity contribution in [2.45, 2.75) is 19.5 Å². The number of benzene rings is 3. The fourth-order valence-corrected chi connectivity index (χ4v) is 3.54. The number of halogens is 1. The molecule has 1 aliphatic heterocycles. The molecule has 1 N–H and O–H groups in total. The highest BCUT2D eigenvalue weighted by Crippen LogP contribution is 2.28. The molecule has 1 aliphatic rings. The van der Waals surface area contributed by atoms with E-state index in [2.05, 4.69) is 10.5 Å². The lowest BCUT2D eigenvalue weighted by atomic mass is 10.1. The van der Waals surface area contributed by atoms with E-state index in [1.807, 2.05) is 31.2 Å². The molecule has 1 amide bonds. The Morgan fingerprint density at radius 2 is 1.48 bits per heavy atom. The van der Waals surface area contributed by atoms with E-state index < -0.39 is 0 Å². The first kappa shape index (κ1) is 20.6. The largest absolute Gasteiger partial charge is 0.285 e. The van der Waals surface area contributed by atoms with Gasteiger partial charge in [-0.1, -0.05) is 67.1 Å². The molecule has 0 fully saturated rings. The van der Waals surface area contributed by atoms with Crippen molar-refractivity contribution in [1.29, 1.82) is 0 Å². The Morgan fingerprint density at radius 1 is 0.903 bits per heavy atom. The molecule has 1 unspecified atom stereocenters. The maximum atomic E-state index is 13.3. The zero-order chi connectivity index (χ0) is 21.8. The first-order chi connectivity index (χ1) is 15.1. The highest BCUT2D eigenvalue weighted by atomic mass is 35.5. The SMILES string of the molecule is CCC1N(NC(=O)c2ccccc2)C(C(=O)c2ccccc2)=NN1c1ccc(Cl)cc1. The van der Waals surface area contributed by atoms with Crippen molar-refractivity contribution in [2.75, 3.05) is 5.01 Å². The van der Waals surface area contributed by atoms with Crippen LogP contribution >= 0.6 is 11.6 Å². The molecule has 0 aromatic heterocycles. The molecule has 31 heavy (non-hydrogen) atoms. The van der Waals surface area contributed by atoms with Gasteiger partial charge in [0.1, 0.15) is 6.17 Å². The number of carbonyl (C=O) groups excluding carboxylic acids is 2. The predicted octanol–water partition coefficient (Wildman–Crippen LogP) is 4.74. The molecule has 6 nitrogen and oxygen atoms in total. The Bertz CT molecular complexity index is 1100. The number of amidine groups is 1. The number of anilines is 1. The van der Waals surface area contributed by atoms with Gasteiger partial charge in [-0.25, -0.2) is 10.0 Å². The number of ketones is 1. The van der Waals surface area contributed by atoms with Crippen molar-refractivity contribution in [3.05, 3.63) is 101 Å². The Kier molecular flexibility index (Phi) is 6.00. The number of amides is 1. The van der Waals surface area contributed by atoms with E-state index in [1.165, 1.54) is 0 Å². The molecule has 0 aliphatic carbocycles. The quantitative estimate of drug-likeness (QED) is 0.571. The monoisotopic (exact) mass is 432 g/mol. The van der Waals surface area contributed by atoms with Gasteiger partial charge in [0.15, 0.2) is 0 Å². The number of nitrogens with zero attached hydrogens (tertiary/aromatic N) is 3. The number of hydrogen-bond acceptors (Lipinski definition) is 5. The Morgan fingerprint density at radius 3 is 2.06 bits per heavy atom. The number of hydrogen-bond donors (Lipinski definition) is 1. The van der Waals surface area contributed by atoms with Crippen molar-refractivity contribution < 1.29 is 9.59 Å². The summed E-state index contributed by atoms with van der Waals surface area (Å²) in [5.41, 5.74) is 4.64. The molecule has 0 saturated carbocycles. The van der Waals surface area contributed by atoms with Crippen LogP contribution in [0.2, 0.25) is 5.02 Å². The molecule has 3 aromatic rings. The van der Waals surface area contributed by atoms with Gasteiger partial charge in [-0.2, -0.15) is 0 Å². The molecule has 0 bridgehead atoms. The van der Waals surface area contributed by atoms with Crippen LogP contribution in [0.25, 0.3) is 0 Å². The topological polar surface area (TPSA) is 65.0 Å². The van der Waals surface area contributed by atoms with Crippen LogP contribution in [0.1, 0.15) is 34.1 Å². The van der Waals surface area contributed by atoms with Crippen molar-refractivity contribution in [1.82, 2.24) is 10.4 Å². The Labute approximate surface area is 185 Å². The summed E-state index contributed by atoms with van der Waals surface area (Å²) >= 11 is 6.04. The van der Waals surface area contributed by atoms with Crippen LogP contribution in [-0.4, -0.2) is 28.7 Å². The van der Waals surface area contributed by atoms with Gasteiger partial charge in [-0.3, -0.25) is 15.0 Å². The third-order valence-electron chi connectivity index (χ3n) is 4.96. The number of carbonyl (C=O) groups is 2. The summed E-state index contributed by atoms with van der Waals surface area (Å²) in [4.78, 5) is 26.2. The highest BCUT2D eigenvalue weighted by molar-refractivity contribution is 6.45. The van der Waals surface area contributed by atoms with E-state index in [0.717, 1.165) is 5.69 Å². The second-order valence-electron chi connectivity index (χ2n) is 7.01. The minimum Gasteiger partial charge on any atom is -0.285 e. The highest BCUT2D eigenvalue weighted by Gasteiger charge is 2.39. The predicted molar refractivity (Wildman–Crippen MR) is 122 cm³/mol. The number of nitrogens with one attached hydrogen (secondary N) is 1. The van der Waals surface area contributed by atoms with Crippen LogP contribution in [0.5, 0.6) is 0 Å². The average molecular weight is 433 g/mol. The zero-order valence-electron chi connectivity index (χ0n) is 16.9. The zero-order valence-corrected chi connectivity index (χ0v) is 17.7. The van der Waals surface area contributed by atoms with Crippen molar-refractivity contribution in [3.63, 3.8) is 0 Å². The van der Waals surface area contributed by atoms with Gasteiger partial charge in [0, 0.05) is 16.1 Å². The van der Waals surface area contributed by atoms with Crippen molar-refractivity contribution in [3.8, 4) is 0 Å². The smallest absolute Gasteiger partial charge is 0.269 e. The maximum absolute atomic E-state index is 13.3. The van der Waals surface area contributed by atoms with Gasteiger partial charge >= 0.3 is 0 Å². The van der Waals surface area contributed by atoms with E-state index in [0.29, 0.717) is 22.6 Å². The van der Waals surface area contributed by atoms with E-state index >= 15 is 0 Å². The van der Waals surface area contributed by atoms with Gasteiger partial charge in [0.2, 0.25) is 11.6 Å². The van der Waals surface area contributed by atoms with Crippen LogP contribution in [-0.2, 0) is 0 Å². The van der Waals surface area contributed by atoms with Gasteiger partial charge in [0.25, 0.3) is 5.91 Å². The minimum absolute atomic E-state index is 0.150. The lowest BCUT2D eigenvalue weighted by Crippen LogP contribution is -2.53. The van der Waals surface area contributed by atoms with Gasteiger partial charge < -0.3 is 0 Å². The molecule has 1 heterocycles. The summed E-state index contributed by atoms with van der Waals surface area (Å²) in [7, 11) is 0. The van der Waals surface area contributed by atoms with Gasteiger partial charge in [0.05, 0.1) is 5.69 Å². The van der Waals surface area contributed by atoms with E-state index in [4.69, 9.17) is 11.6 Å². The number of Topliss-reactive ketones (excluding diaryl/α,β-unsaturated/α-hetero) is 1. The fraction of sp³-hybridized carbons (Fsp3) is 0.125. The van der Waals surface area contributed by atoms with Crippen molar-refractivity contribution >= 4 is 34.8 Å². The molecule has 3 aromatic carbocycles. The molecular formula is C24H21ClN4O2. The summed E-state index contributed by atoms with van der Waals surface area (Å²) in [6.07, 6.45) is 0.226. The Balaban J connectivity index is 1.72. The standard InChI is InChI=1S/C24H21ClN4O2/c1-2-21-28(20-15-13-19(25)14-16-20)26-23(22(30)17-9-5-3-6-10-17)29(21)27-24(31)18-11-7-4-8-12-18/h3-16,21H,2H2,1H3,(H,27,31). The first-order valence-electron chi connectivity index (χ1n) is 9.97. The first-order valence-corrected chi connectivity index (χ1v) is 10.3. The van der Waals surface area contributed by atoms with E-state index in [1.54, 1.807) is 70.7 Å². The molecule has 7 heteroatoms. The van der Waals surface area contributed by atoms with Crippen LogP contribution in [0, 0.1) is 0 Å². The number of rotatable bonds is 6. The third kappa shape index (κ3) is 4.29. The van der Waals surface area contributed by atoms with Crippen LogP contribution < -0.4 is 10.4 Å². The molecule has 4 rings (SSSR count). The number of hydrazine groups is 1. The number of hydrazone groups is 1. The summed E-state index contributed by atoms with van der Waals surface area (Å²) < 4.78 is 0. The van der Waals surface area contributed by atoms with E-state index in [9.17, 15) is 9.59 Å². The second kappa shape index (κ2) is 9.02.